The molecule has 15 heavy (non-hydrogen) atoms. The van der Waals surface area contributed by atoms with E-state index in [-0.39, 0.29) is 6.61 Å². The number of aliphatic hydroxyl groups excluding tert-OH is 3. The van der Waals surface area contributed by atoms with Crippen molar-refractivity contribution in [2.45, 2.75) is 25.2 Å². The van der Waals surface area contributed by atoms with Crippen LogP contribution in [-0.2, 0) is 6.61 Å². The molecule has 2 atom stereocenters. The van der Waals surface area contributed by atoms with Crippen molar-refractivity contribution < 1.29 is 15.3 Å². The lowest BCUT2D eigenvalue weighted by Gasteiger charge is -2.16. The molecule has 0 aromatic carbocycles. The molecule has 1 heterocycles. The van der Waals surface area contributed by atoms with E-state index in [1.165, 1.54) is 0 Å². The summed E-state index contributed by atoms with van der Waals surface area (Å²) in [5.74, 6) is 0. The van der Waals surface area contributed by atoms with Gasteiger partial charge in [-0.15, -0.1) is 0 Å². The van der Waals surface area contributed by atoms with E-state index in [2.05, 4.69) is 20.9 Å². The lowest BCUT2D eigenvalue weighted by molar-refractivity contribution is 0.0146. The molecule has 1 aromatic rings. The first-order chi connectivity index (χ1) is 7.19. The Kier molecular flexibility index (Phi) is 5.17. The summed E-state index contributed by atoms with van der Waals surface area (Å²) in [5, 5.41) is 28.8. The highest BCUT2D eigenvalue weighted by atomic mass is 79.9. The Bertz CT molecular complexity index is 308. The number of halogens is 1. The minimum atomic E-state index is -1.01. The van der Waals surface area contributed by atoms with Crippen LogP contribution >= 0.6 is 15.9 Å². The van der Waals surface area contributed by atoms with Gasteiger partial charge >= 0.3 is 0 Å². The normalized spacial score (nSPS) is 14.9. The quantitative estimate of drug-likeness (QED) is 0.694. The van der Waals surface area contributed by atoms with Gasteiger partial charge in [0.1, 0.15) is 6.10 Å². The van der Waals surface area contributed by atoms with Gasteiger partial charge in [0.15, 0.2) is 0 Å². The zero-order chi connectivity index (χ0) is 11.3. The molecule has 1 aromatic heterocycles. The van der Waals surface area contributed by atoms with E-state index >= 15 is 0 Å². The van der Waals surface area contributed by atoms with E-state index < -0.39 is 12.2 Å². The molecule has 5 heteroatoms. The molecule has 0 fully saturated rings. The first-order valence-corrected chi connectivity index (χ1v) is 5.80. The summed E-state index contributed by atoms with van der Waals surface area (Å²) >= 11 is 3.19. The lowest BCUT2D eigenvalue weighted by Crippen LogP contribution is -2.20. The molecule has 3 N–H and O–H groups in total. The molecular formula is C10H14BrNO3. The molecule has 0 saturated carbocycles. The van der Waals surface area contributed by atoms with Gasteiger partial charge in [-0.05, 0) is 18.6 Å². The summed E-state index contributed by atoms with van der Waals surface area (Å²) in [6.45, 7) is -0.172. The van der Waals surface area contributed by atoms with Gasteiger partial charge < -0.3 is 15.3 Å². The fourth-order valence-electron chi connectivity index (χ4n) is 1.22. The van der Waals surface area contributed by atoms with Crippen LogP contribution in [0.15, 0.2) is 18.2 Å². The first kappa shape index (κ1) is 12.6. The molecule has 0 amide bonds. The Morgan fingerprint density at radius 3 is 2.67 bits per heavy atom. The topological polar surface area (TPSA) is 73.6 Å². The van der Waals surface area contributed by atoms with E-state index in [1.54, 1.807) is 18.2 Å². The van der Waals surface area contributed by atoms with Gasteiger partial charge in [-0.1, -0.05) is 22.0 Å². The molecule has 2 unspecified atom stereocenters. The molecule has 84 valence electrons. The first-order valence-electron chi connectivity index (χ1n) is 4.67. The highest BCUT2D eigenvalue weighted by molar-refractivity contribution is 9.09. The second-order valence-corrected chi connectivity index (χ2v) is 3.99. The maximum atomic E-state index is 9.73. The SMILES string of the molecule is OCc1cccc(C(O)C(O)CCBr)n1. The van der Waals surface area contributed by atoms with E-state index in [4.69, 9.17) is 5.11 Å². The van der Waals surface area contributed by atoms with E-state index in [1.807, 2.05) is 0 Å². The van der Waals surface area contributed by atoms with Crippen molar-refractivity contribution in [3.8, 4) is 0 Å². The molecule has 0 aliphatic rings. The van der Waals surface area contributed by atoms with E-state index in [0.717, 1.165) is 0 Å². The number of alkyl halides is 1. The Labute approximate surface area is 96.7 Å². The predicted molar refractivity (Wildman–Crippen MR) is 59.5 cm³/mol. The lowest BCUT2D eigenvalue weighted by atomic mass is 10.1. The average Bonchev–Trinajstić information content (AvgIpc) is 2.28. The minimum absolute atomic E-state index is 0.172. The largest absolute Gasteiger partial charge is 0.390 e. The van der Waals surface area contributed by atoms with Crippen LogP contribution in [0, 0.1) is 0 Å². The zero-order valence-corrected chi connectivity index (χ0v) is 9.76. The van der Waals surface area contributed by atoms with E-state index in [0.29, 0.717) is 23.1 Å². The van der Waals surface area contributed by atoms with Gasteiger partial charge in [0.25, 0.3) is 0 Å². The Morgan fingerprint density at radius 2 is 2.07 bits per heavy atom. The predicted octanol–water partition coefficient (Wildman–Crippen LogP) is 0.753. The minimum Gasteiger partial charge on any atom is -0.390 e. The van der Waals surface area contributed by atoms with E-state index in [9.17, 15) is 10.2 Å². The number of rotatable bonds is 5. The maximum Gasteiger partial charge on any atom is 0.122 e. The summed E-state index contributed by atoms with van der Waals surface area (Å²) in [7, 11) is 0. The molecule has 0 radical (unpaired) electrons. The van der Waals surface area contributed by atoms with Gasteiger partial charge in [0, 0.05) is 5.33 Å². The Morgan fingerprint density at radius 1 is 1.33 bits per heavy atom. The van der Waals surface area contributed by atoms with Crippen LogP contribution < -0.4 is 0 Å². The van der Waals surface area contributed by atoms with Crippen LogP contribution in [0.1, 0.15) is 23.9 Å². The van der Waals surface area contributed by atoms with Crippen molar-refractivity contribution in [1.29, 1.82) is 0 Å². The summed E-state index contributed by atoms with van der Waals surface area (Å²) < 4.78 is 0. The van der Waals surface area contributed by atoms with Gasteiger partial charge in [-0.3, -0.25) is 4.98 Å². The van der Waals surface area contributed by atoms with Crippen LogP contribution in [0.3, 0.4) is 0 Å². The summed E-state index contributed by atoms with van der Waals surface area (Å²) in [5.41, 5.74) is 0.868. The highest BCUT2D eigenvalue weighted by Crippen LogP contribution is 2.17. The third-order valence-electron chi connectivity index (χ3n) is 2.06. The molecule has 0 aliphatic carbocycles. The number of aromatic nitrogens is 1. The fraction of sp³-hybridized carbons (Fsp3) is 0.500. The molecule has 1 rings (SSSR count). The number of aliphatic hydroxyl groups is 3. The van der Waals surface area contributed by atoms with Gasteiger partial charge in [-0.2, -0.15) is 0 Å². The van der Waals surface area contributed by atoms with Crippen molar-refractivity contribution >= 4 is 15.9 Å². The Balaban J connectivity index is 2.76. The third-order valence-corrected chi connectivity index (χ3v) is 2.52. The number of hydrogen-bond donors (Lipinski definition) is 3. The summed E-state index contributed by atoms with van der Waals surface area (Å²) in [6.07, 6.45) is -1.40. The molecule has 0 aliphatic heterocycles. The molecular weight excluding hydrogens is 262 g/mol. The zero-order valence-electron chi connectivity index (χ0n) is 8.17. The van der Waals surface area contributed by atoms with Crippen LogP contribution in [0.25, 0.3) is 0 Å². The monoisotopic (exact) mass is 275 g/mol. The van der Waals surface area contributed by atoms with Crippen molar-refractivity contribution in [1.82, 2.24) is 4.98 Å². The molecule has 4 nitrogen and oxygen atoms in total. The maximum absolute atomic E-state index is 9.73. The molecule has 0 saturated heterocycles. The molecule has 0 spiro atoms. The second-order valence-electron chi connectivity index (χ2n) is 3.20. The van der Waals surface area contributed by atoms with Crippen molar-refractivity contribution in [3.05, 3.63) is 29.6 Å². The van der Waals surface area contributed by atoms with Crippen molar-refractivity contribution in [2.24, 2.45) is 0 Å². The van der Waals surface area contributed by atoms with Crippen LogP contribution in [0.2, 0.25) is 0 Å². The van der Waals surface area contributed by atoms with Gasteiger partial charge in [-0.25, -0.2) is 0 Å². The summed E-state index contributed by atoms with van der Waals surface area (Å²) in [4.78, 5) is 4.02. The van der Waals surface area contributed by atoms with Crippen molar-refractivity contribution in [3.63, 3.8) is 0 Å². The Hall–Kier alpha value is -0.490. The number of hydrogen-bond acceptors (Lipinski definition) is 4. The average molecular weight is 276 g/mol. The van der Waals surface area contributed by atoms with Crippen LogP contribution in [0.5, 0.6) is 0 Å². The third kappa shape index (κ3) is 3.53. The van der Waals surface area contributed by atoms with Gasteiger partial charge in [0.2, 0.25) is 0 Å². The highest BCUT2D eigenvalue weighted by Gasteiger charge is 2.18. The van der Waals surface area contributed by atoms with Crippen LogP contribution in [-0.4, -0.2) is 31.7 Å². The van der Waals surface area contributed by atoms with Crippen molar-refractivity contribution in [2.75, 3.05) is 5.33 Å². The number of nitrogens with zero attached hydrogens (tertiary/aromatic N) is 1. The van der Waals surface area contributed by atoms with Crippen LogP contribution in [0.4, 0.5) is 0 Å². The number of pyridine rings is 1. The molecule has 0 bridgehead atoms. The van der Waals surface area contributed by atoms with Gasteiger partial charge in [0.05, 0.1) is 24.1 Å². The smallest absolute Gasteiger partial charge is 0.122 e. The standard InChI is InChI=1S/C10H14BrNO3/c11-5-4-9(14)10(15)8-3-1-2-7(6-13)12-8/h1-3,9-10,13-15H,4-6H2. The second kappa shape index (κ2) is 6.17. The summed E-state index contributed by atoms with van der Waals surface area (Å²) in [6, 6.07) is 4.98. The fourth-order valence-corrected chi connectivity index (χ4v) is 1.69.